The second-order valence-corrected chi connectivity index (χ2v) is 3.97. The third-order valence-electron chi connectivity index (χ3n) is 1.93. The molecule has 1 atom stereocenters. The number of aliphatic hydroxyl groups excluding tert-OH is 1. The van der Waals surface area contributed by atoms with E-state index in [1.807, 2.05) is 13.8 Å². The molecule has 2 N–H and O–H groups in total. The summed E-state index contributed by atoms with van der Waals surface area (Å²) >= 11 is 0. The molecule has 0 saturated heterocycles. The molecule has 0 rings (SSSR count). The predicted octanol–water partition coefficient (Wildman–Crippen LogP) is 1.70. The molecular formula is C10H20F3NO2. The maximum Gasteiger partial charge on any atom is 0.391 e. The van der Waals surface area contributed by atoms with Crippen LogP contribution >= 0.6 is 0 Å². The first-order valence-corrected chi connectivity index (χ1v) is 5.36. The van der Waals surface area contributed by atoms with Crippen LogP contribution in [0.2, 0.25) is 0 Å². The SMILES string of the molecule is CC(C)NC(CO)CCOCCC(F)(F)F. The third kappa shape index (κ3) is 10.2. The van der Waals surface area contributed by atoms with E-state index >= 15 is 0 Å². The van der Waals surface area contributed by atoms with Gasteiger partial charge in [-0.15, -0.1) is 0 Å². The van der Waals surface area contributed by atoms with Gasteiger partial charge in [-0.25, -0.2) is 0 Å². The summed E-state index contributed by atoms with van der Waals surface area (Å²) < 4.78 is 40.1. The molecule has 0 saturated carbocycles. The van der Waals surface area contributed by atoms with Crippen LogP contribution in [0.5, 0.6) is 0 Å². The minimum absolute atomic E-state index is 0.0409. The summed E-state index contributed by atoms with van der Waals surface area (Å²) in [4.78, 5) is 0. The first-order valence-electron chi connectivity index (χ1n) is 5.36. The second kappa shape index (κ2) is 7.86. The van der Waals surface area contributed by atoms with Crippen molar-refractivity contribution in [3.05, 3.63) is 0 Å². The summed E-state index contributed by atoms with van der Waals surface area (Å²) in [7, 11) is 0. The fourth-order valence-electron chi connectivity index (χ4n) is 1.21. The first-order chi connectivity index (χ1) is 7.35. The number of nitrogens with one attached hydrogen (secondary N) is 1. The first kappa shape index (κ1) is 15.7. The van der Waals surface area contributed by atoms with Crippen molar-refractivity contribution in [2.45, 2.75) is 44.9 Å². The lowest BCUT2D eigenvalue weighted by Crippen LogP contribution is -2.38. The molecule has 16 heavy (non-hydrogen) atoms. The van der Waals surface area contributed by atoms with Gasteiger partial charge in [0.05, 0.1) is 19.6 Å². The lowest BCUT2D eigenvalue weighted by Gasteiger charge is -2.18. The molecule has 3 nitrogen and oxygen atoms in total. The van der Waals surface area contributed by atoms with Gasteiger partial charge in [-0.1, -0.05) is 13.8 Å². The highest BCUT2D eigenvalue weighted by Crippen LogP contribution is 2.18. The Hall–Kier alpha value is -0.330. The molecule has 0 aromatic heterocycles. The summed E-state index contributed by atoms with van der Waals surface area (Å²) in [5, 5.41) is 12.0. The number of aliphatic hydroxyl groups is 1. The molecule has 0 heterocycles. The van der Waals surface area contributed by atoms with Crippen molar-refractivity contribution in [2.24, 2.45) is 0 Å². The minimum Gasteiger partial charge on any atom is -0.395 e. The van der Waals surface area contributed by atoms with E-state index in [2.05, 4.69) is 5.32 Å². The van der Waals surface area contributed by atoms with Gasteiger partial charge < -0.3 is 15.2 Å². The third-order valence-corrected chi connectivity index (χ3v) is 1.93. The number of hydrogen-bond acceptors (Lipinski definition) is 3. The zero-order valence-corrected chi connectivity index (χ0v) is 9.68. The van der Waals surface area contributed by atoms with Crippen LogP contribution in [-0.2, 0) is 4.74 Å². The van der Waals surface area contributed by atoms with Crippen LogP contribution in [0.3, 0.4) is 0 Å². The Balaban J connectivity index is 3.48. The second-order valence-electron chi connectivity index (χ2n) is 3.97. The lowest BCUT2D eigenvalue weighted by atomic mass is 10.2. The van der Waals surface area contributed by atoms with E-state index in [0.29, 0.717) is 6.42 Å². The molecule has 6 heteroatoms. The van der Waals surface area contributed by atoms with Crippen LogP contribution in [-0.4, -0.2) is 43.2 Å². The van der Waals surface area contributed by atoms with Crippen LogP contribution in [0.25, 0.3) is 0 Å². The average Bonchev–Trinajstić information content (AvgIpc) is 2.13. The fraction of sp³-hybridized carbons (Fsp3) is 1.00. The molecule has 0 spiro atoms. The van der Waals surface area contributed by atoms with Gasteiger partial charge in [0.25, 0.3) is 0 Å². The van der Waals surface area contributed by atoms with Crippen LogP contribution < -0.4 is 5.32 Å². The number of alkyl halides is 3. The molecule has 0 fully saturated rings. The quantitative estimate of drug-likeness (QED) is 0.638. The smallest absolute Gasteiger partial charge is 0.391 e. The highest BCUT2D eigenvalue weighted by atomic mass is 19.4. The average molecular weight is 243 g/mol. The van der Waals surface area contributed by atoms with E-state index in [0.717, 1.165) is 0 Å². The van der Waals surface area contributed by atoms with Gasteiger partial charge in [-0.2, -0.15) is 13.2 Å². The number of rotatable bonds is 8. The number of halogens is 3. The highest BCUT2D eigenvalue weighted by Gasteiger charge is 2.26. The molecule has 98 valence electrons. The molecule has 0 radical (unpaired) electrons. The zero-order chi connectivity index (χ0) is 12.6. The molecule has 1 unspecified atom stereocenters. The van der Waals surface area contributed by atoms with Gasteiger partial charge in [0.1, 0.15) is 0 Å². The van der Waals surface area contributed by atoms with Crippen molar-refractivity contribution in [1.29, 1.82) is 0 Å². The van der Waals surface area contributed by atoms with E-state index < -0.39 is 12.6 Å². The van der Waals surface area contributed by atoms with E-state index in [1.165, 1.54) is 0 Å². The van der Waals surface area contributed by atoms with Crippen molar-refractivity contribution in [3.8, 4) is 0 Å². The van der Waals surface area contributed by atoms with Crippen LogP contribution in [0.4, 0.5) is 13.2 Å². The molecule has 0 amide bonds. The van der Waals surface area contributed by atoms with Crippen molar-refractivity contribution in [2.75, 3.05) is 19.8 Å². The van der Waals surface area contributed by atoms with Gasteiger partial charge in [0.2, 0.25) is 0 Å². The topological polar surface area (TPSA) is 41.5 Å². The Kier molecular flexibility index (Phi) is 7.70. The van der Waals surface area contributed by atoms with Crippen molar-refractivity contribution < 1.29 is 23.0 Å². The molecule has 0 bridgehead atoms. The summed E-state index contributed by atoms with van der Waals surface area (Å²) in [6.07, 6.45) is -4.58. The Labute approximate surface area is 94.0 Å². The lowest BCUT2D eigenvalue weighted by molar-refractivity contribution is -0.145. The van der Waals surface area contributed by atoms with Crippen molar-refractivity contribution in [3.63, 3.8) is 0 Å². The van der Waals surface area contributed by atoms with Gasteiger partial charge in [0, 0.05) is 18.7 Å². The van der Waals surface area contributed by atoms with Gasteiger partial charge >= 0.3 is 6.18 Å². The molecule has 0 aliphatic heterocycles. The van der Waals surface area contributed by atoms with E-state index in [-0.39, 0.29) is 31.9 Å². The summed E-state index contributed by atoms with van der Waals surface area (Å²) in [6.45, 7) is 3.74. The Morgan fingerprint density at radius 3 is 2.31 bits per heavy atom. The summed E-state index contributed by atoms with van der Waals surface area (Å²) in [6, 6.07) is 0.109. The molecule has 0 aliphatic rings. The Bertz CT molecular complexity index is 174. The normalized spacial score (nSPS) is 14.4. The van der Waals surface area contributed by atoms with Crippen LogP contribution in [0, 0.1) is 0 Å². The number of ether oxygens (including phenoxy) is 1. The van der Waals surface area contributed by atoms with Crippen molar-refractivity contribution >= 4 is 0 Å². The zero-order valence-electron chi connectivity index (χ0n) is 9.68. The summed E-state index contributed by atoms with van der Waals surface area (Å²) in [5.74, 6) is 0. The molecule has 0 aromatic rings. The van der Waals surface area contributed by atoms with Crippen LogP contribution in [0.1, 0.15) is 26.7 Å². The maximum atomic E-state index is 11.7. The Morgan fingerprint density at radius 2 is 1.88 bits per heavy atom. The Morgan fingerprint density at radius 1 is 1.25 bits per heavy atom. The monoisotopic (exact) mass is 243 g/mol. The molecular weight excluding hydrogens is 223 g/mol. The van der Waals surface area contributed by atoms with E-state index in [9.17, 15) is 13.2 Å². The fourth-order valence-corrected chi connectivity index (χ4v) is 1.21. The molecule has 0 aliphatic carbocycles. The van der Waals surface area contributed by atoms with Crippen molar-refractivity contribution in [1.82, 2.24) is 5.32 Å². The molecule has 0 aromatic carbocycles. The minimum atomic E-state index is -4.16. The largest absolute Gasteiger partial charge is 0.395 e. The van der Waals surface area contributed by atoms with E-state index in [1.54, 1.807) is 0 Å². The maximum absolute atomic E-state index is 11.7. The predicted molar refractivity (Wildman–Crippen MR) is 55.3 cm³/mol. The van der Waals surface area contributed by atoms with E-state index in [4.69, 9.17) is 9.84 Å². The number of hydrogen-bond donors (Lipinski definition) is 2. The highest BCUT2D eigenvalue weighted by molar-refractivity contribution is 4.67. The van der Waals surface area contributed by atoms with Gasteiger partial charge in [-0.05, 0) is 6.42 Å². The van der Waals surface area contributed by atoms with Gasteiger partial charge in [-0.3, -0.25) is 0 Å². The standard InChI is InChI=1S/C10H20F3NO2/c1-8(2)14-9(7-15)3-5-16-6-4-10(11,12)13/h8-9,14-15H,3-7H2,1-2H3. The van der Waals surface area contributed by atoms with Crippen LogP contribution in [0.15, 0.2) is 0 Å². The van der Waals surface area contributed by atoms with Gasteiger partial charge in [0.15, 0.2) is 0 Å². The summed E-state index contributed by atoms with van der Waals surface area (Å²) in [5.41, 5.74) is 0.